The molecule has 2 N–H and O–H groups in total. The summed E-state index contributed by atoms with van der Waals surface area (Å²) in [7, 11) is 0. The van der Waals surface area contributed by atoms with Crippen LogP contribution in [0.4, 0.5) is 4.39 Å². The van der Waals surface area contributed by atoms with E-state index in [1.165, 1.54) is 18.9 Å². The minimum Gasteiger partial charge on any atom is -0.329 e. The second kappa shape index (κ2) is 6.30. The maximum Gasteiger partial charge on any atom is 0.123 e. The molecule has 1 atom stereocenters. The Bertz CT molecular complexity index is 377. The highest BCUT2D eigenvalue weighted by Crippen LogP contribution is 2.32. The van der Waals surface area contributed by atoms with E-state index in [1.807, 2.05) is 6.07 Å². The lowest BCUT2D eigenvalue weighted by atomic mass is 10.0. The molecule has 2 rings (SSSR count). The molecule has 1 unspecified atom stereocenters. The molecule has 1 aliphatic rings. The molecule has 100 valence electrons. The molecule has 0 bridgehead atoms. The van der Waals surface area contributed by atoms with Crippen molar-refractivity contribution < 1.29 is 4.39 Å². The van der Waals surface area contributed by atoms with E-state index in [0.717, 1.165) is 31.0 Å². The van der Waals surface area contributed by atoms with Gasteiger partial charge in [-0.3, -0.25) is 4.90 Å². The van der Waals surface area contributed by atoms with Gasteiger partial charge in [-0.1, -0.05) is 19.1 Å². The fourth-order valence-electron chi connectivity index (χ4n) is 2.50. The predicted molar refractivity (Wildman–Crippen MR) is 72.8 cm³/mol. The van der Waals surface area contributed by atoms with Crippen LogP contribution in [0, 0.1) is 11.7 Å². The molecule has 0 amide bonds. The molecule has 1 fully saturated rings. The lowest BCUT2D eigenvalue weighted by molar-refractivity contribution is 0.193. The first-order valence-electron chi connectivity index (χ1n) is 6.94. The molecular formula is C15H23FN2. The van der Waals surface area contributed by atoms with E-state index in [4.69, 9.17) is 5.73 Å². The maximum atomic E-state index is 13.3. The third-order valence-electron chi connectivity index (χ3n) is 3.60. The zero-order chi connectivity index (χ0) is 13.0. The molecular weight excluding hydrogens is 227 g/mol. The number of hydrogen-bond acceptors (Lipinski definition) is 2. The van der Waals surface area contributed by atoms with Gasteiger partial charge in [0.05, 0.1) is 0 Å². The smallest absolute Gasteiger partial charge is 0.123 e. The maximum absolute atomic E-state index is 13.3. The molecule has 2 nitrogen and oxygen atoms in total. The summed E-state index contributed by atoms with van der Waals surface area (Å²) in [6, 6.07) is 7.02. The summed E-state index contributed by atoms with van der Waals surface area (Å²) in [5.74, 6) is 0.660. The number of rotatable bonds is 7. The lowest BCUT2D eigenvalue weighted by Gasteiger charge is -2.31. The van der Waals surface area contributed by atoms with Gasteiger partial charge in [-0.15, -0.1) is 0 Å². The molecule has 1 aromatic carbocycles. The second-order valence-electron chi connectivity index (χ2n) is 5.24. The van der Waals surface area contributed by atoms with Crippen LogP contribution in [-0.2, 0) is 0 Å². The molecule has 0 aromatic heterocycles. The molecule has 0 spiro atoms. The Morgan fingerprint density at radius 1 is 1.44 bits per heavy atom. The van der Waals surface area contributed by atoms with E-state index in [-0.39, 0.29) is 11.9 Å². The van der Waals surface area contributed by atoms with E-state index in [0.29, 0.717) is 6.54 Å². The molecule has 0 aliphatic heterocycles. The Labute approximate surface area is 109 Å². The average Bonchev–Trinajstić information content (AvgIpc) is 3.14. The molecule has 1 aromatic rings. The second-order valence-corrected chi connectivity index (χ2v) is 5.24. The van der Waals surface area contributed by atoms with Crippen molar-refractivity contribution in [2.75, 3.05) is 19.6 Å². The van der Waals surface area contributed by atoms with Crippen molar-refractivity contribution in [3.63, 3.8) is 0 Å². The molecule has 18 heavy (non-hydrogen) atoms. The molecule has 1 saturated carbocycles. The Balaban J connectivity index is 2.12. The van der Waals surface area contributed by atoms with Crippen molar-refractivity contribution in [1.29, 1.82) is 0 Å². The van der Waals surface area contributed by atoms with E-state index in [9.17, 15) is 4.39 Å². The van der Waals surface area contributed by atoms with Crippen LogP contribution in [0.1, 0.15) is 37.8 Å². The van der Waals surface area contributed by atoms with Gasteiger partial charge < -0.3 is 5.73 Å². The van der Waals surface area contributed by atoms with Gasteiger partial charge in [0, 0.05) is 19.1 Å². The van der Waals surface area contributed by atoms with Crippen LogP contribution >= 0.6 is 0 Å². The molecule has 0 heterocycles. The van der Waals surface area contributed by atoms with Gasteiger partial charge in [-0.25, -0.2) is 4.39 Å². The van der Waals surface area contributed by atoms with Gasteiger partial charge >= 0.3 is 0 Å². The Hall–Kier alpha value is -0.930. The van der Waals surface area contributed by atoms with Crippen molar-refractivity contribution in [3.8, 4) is 0 Å². The first kappa shape index (κ1) is 13.5. The fourth-order valence-corrected chi connectivity index (χ4v) is 2.50. The fraction of sp³-hybridized carbons (Fsp3) is 0.600. The number of hydrogen-bond donors (Lipinski definition) is 1. The molecule has 0 radical (unpaired) electrons. The largest absolute Gasteiger partial charge is 0.329 e. The summed E-state index contributed by atoms with van der Waals surface area (Å²) >= 11 is 0. The molecule has 0 saturated heterocycles. The zero-order valence-corrected chi connectivity index (χ0v) is 11.1. The van der Waals surface area contributed by atoms with Gasteiger partial charge in [0.25, 0.3) is 0 Å². The monoisotopic (exact) mass is 250 g/mol. The van der Waals surface area contributed by atoms with Crippen LogP contribution in [0.5, 0.6) is 0 Å². The lowest BCUT2D eigenvalue weighted by Crippen LogP contribution is -2.36. The summed E-state index contributed by atoms with van der Waals surface area (Å²) in [5, 5.41) is 0. The van der Waals surface area contributed by atoms with Crippen LogP contribution < -0.4 is 5.73 Å². The first-order valence-corrected chi connectivity index (χ1v) is 6.94. The average molecular weight is 250 g/mol. The van der Waals surface area contributed by atoms with E-state index < -0.39 is 0 Å². The van der Waals surface area contributed by atoms with Gasteiger partial charge in [0.15, 0.2) is 0 Å². The van der Waals surface area contributed by atoms with Crippen LogP contribution in [0.3, 0.4) is 0 Å². The van der Waals surface area contributed by atoms with Crippen LogP contribution in [-0.4, -0.2) is 24.5 Å². The number of nitrogens with two attached hydrogens (primary N) is 1. The van der Waals surface area contributed by atoms with Gasteiger partial charge in [-0.05, 0) is 49.4 Å². The summed E-state index contributed by atoms with van der Waals surface area (Å²) in [5.41, 5.74) is 6.92. The van der Waals surface area contributed by atoms with E-state index in [2.05, 4.69) is 11.8 Å². The van der Waals surface area contributed by atoms with Gasteiger partial charge in [-0.2, -0.15) is 0 Å². The summed E-state index contributed by atoms with van der Waals surface area (Å²) in [6.07, 6.45) is 3.78. The summed E-state index contributed by atoms with van der Waals surface area (Å²) in [4.78, 5) is 2.42. The number of halogens is 1. The van der Waals surface area contributed by atoms with E-state index in [1.54, 1.807) is 12.1 Å². The van der Waals surface area contributed by atoms with E-state index >= 15 is 0 Å². The van der Waals surface area contributed by atoms with Crippen molar-refractivity contribution in [3.05, 3.63) is 35.6 Å². The number of benzene rings is 1. The zero-order valence-electron chi connectivity index (χ0n) is 11.1. The Morgan fingerprint density at radius 3 is 2.78 bits per heavy atom. The SMILES string of the molecule is CCCN(CC1CC1)C(CN)c1cccc(F)c1. The van der Waals surface area contributed by atoms with Gasteiger partial charge in [0.2, 0.25) is 0 Å². The standard InChI is InChI=1S/C15H23FN2/c1-2-8-18(11-12-6-7-12)15(10-17)13-4-3-5-14(16)9-13/h3-5,9,12,15H,2,6-8,10-11,17H2,1H3. The van der Waals surface area contributed by atoms with Crippen molar-refractivity contribution in [1.82, 2.24) is 4.90 Å². The highest BCUT2D eigenvalue weighted by Gasteiger charge is 2.27. The number of nitrogens with zero attached hydrogens (tertiary/aromatic N) is 1. The normalized spacial score (nSPS) is 17.1. The third kappa shape index (κ3) is 3.53. The highest BCUT2D eigenvalue weighted by molar-refractivity contribution is 5.20. The third-order valence-corrected chi connectivity index (χ3v) is 3.60. The minimum atomic E-state index is -0.172. The van der Waals surface area contributed by atoms with Crippen LogP contribution in [0.15, 0.2) is 24.3 Å². The Morgan fingerprint density at radius 2 is 2.22 bits per heavy atom. The first-order chi connectivity index (χ1) is 8.74. The van der Waals surface area contributed by atoms with Crippen molar-refractivity contribution in [2.45, 2.75) is 32.2 Å². The summed E-state index contributed by atoms with van der Waals surface area (Å²) in [6.45, 7) is 4.87. The molecule has 1 aliphatic carbocycles. The highest BCUT2D eigenvalue weighted by atomic mass is 19.1. The quantitative estimate of drug-likeness (QED) is 0.806. The summed E-state index contributed by atoms with van der Waals surface area (Å²) < 4.78 is 13.3. The van der Waals surface area contributed by atoms with Crippen LogP contribution in [0.2, 0.25) is 0 Å². The molecule has 3 heteroatoms. The van der Waals surface area contributed by atoms with Crippen molar-refractivity contribution >= 4 is 0 Å². The predicted octanol–water partition coefficient (Wildman–Crippen LogP) is 2.95. The van der Waals surface area contributed by atoms with Gasteiger partial charge in [0.1, 0.15) is 5.82 Å². The van der Waals surface area contributed by atoms with Crippen LogP contribution in [0.25, 0.3) is 0 Å². The Kier molecular flexibility index (Phi) is 4.72. The topological polar surface area (TPSA) is 29.3 Å². The van der Waals surface area contributed by atoms with Crippen molar-refractivity contribution in [2.24, 2.45) is 11.7 Å². The minimum absolute atomic E-state index is 0.154.